The minimum absolute atomic E-state index is 0.0220. The summed E-state index contributed by atoms with van der Waals surface area (Å²) in [4.78, 5) is 15.8. The molecule has 0 aliphatic heterocycles. The zero-order valence-electron chi connectivity index (χ0n) is 14.0. The molecule has 0 saturated carbocycles. The van der Waals surface area contributed by atoms with E-state index >= 15 is 0 Å². The maximum absolute atomic E-state index is 11.8. The number of carbonyl (C=O) groups is 1. The van der Waals surface area contributed by atoms with Crippen LogP contribution in [-0.2, 0) is 4.79 Å². The summed E-state index contributed by atoms with van der Waals surface area (Å²) in [6, 6.07) is 0. The molecule has 0 atom stereocenters. The maximum atomic E-state index is 11.8. The number of unbranched alkanes of at least 4 members (excludes halogenated alkanes) is 1. The normalized spacial score (nSPS) is 10.6. The van der Waals surface area contributed by atoms with Crippen molar-refractivity contribution < 1.29 is 4.79 Å². The largest absolute Gasteiger partial charge is 0.316 e. The van der Waals surface area contributed by atoms with Gasteiger partial charge in [-0.1, -0.05) is 38.0 Å². The monoisotopic (exact) mass is 302 g/mol. The van der Waals surface area contributed by atoms with Crippen LogP contribution in [0, 0.1) is 0 Å². The molecule has 0 unspecified atom stereocenters. The van der Waals surface area contributed by atoms with Crippen molar-refractivity contribution in [3.05, 3.63) is 62.4 Å². The van der Waals surface area contributed by atoms with Crippen molar-refractivity contribution in [2.75, 3.05) is 26.2 Å². The summed E-state index contributed by atoms with van der Waals surface area (Å²) >= 11 is 0. The van der Waals surface area contributed by atoms with Gasteiger partial charge in [0.25, 0.3) is 0 Å². The first-order valence-electron chi connectivity index (χ1n) is 7.78. The summed E-state index contributed by atoms with van der Waals surface area (Å²) in [7, 11) is 0. The lowest BCUT2D eigenvalue weighted by atomic mass is 10.2. The molecule has 0 radical (unpaired) electrons. The number of amides is 1. The molecule has 0 aromatic heterocycles. The van der Waals surface area contributed by atoms with Gasteiger partial charge in [0.1, 0.15) is 0 Å². The standard InChI is InChI=1S/C19H30N2O/c1-6-10-11-14-20(17-18(5)8-3)15-12-16-21(9-4)19(22)13-7-2/h6-9,13H,1,3-5,10-12,14-17H2,2H3/b13-7-. The van der Waals surface area contributed by atoms with E-state index < -0.39 is 0 Å². The Hall–Kier alpha value is -1.87. The van der Waals surface area contributed by atoms with Crippen LogP contribution in [0.15, 0.2) is 62.4 Å². The first-order chi connectivity index (χ1) is 10.6. The maximum Gasteiger partial charge on any atom is 0.250 e. The molecule has 0 aliphatic carbocycles. The number of nitrogens with zero attached hydrogens (tertiary/aromatic N) is 2. The van der Waals surface area contributed by atoms with Gasteiger partial charge in [-0.05, 0) is 50.6 Å². The molecule has 0 spiro atoms. The van der Waals surface area contributed by atoms with Crippen LogP contribution in [0.3, 0.4) is 0 Å². The summed E-state index contributed by atoms with van der Waals surface area (Å²) in [5, 5.41) is 0. The number of carbonyl (C=O) groups excluding carboxylic acids is 1. The molecular formula is C19H30N2O. The lowest BCUT2D eigenvalue weighted by molar-refractivity contribution is -0.123. The fourth-order valence-corrected chi connectivity index (χ4v) is 2.08. The number of allylic oxidation sites excluding steroid dienone is 2. The smallest absolute Gasteiger partial charge is 0.250 e. The van der Waals surface area contributed by atoms with Gasteiger partial charge >= 0.3 is 0 Å². The Morgan fingerprint density at radius 1 is 1.09 bits per heavy atom. The van der Waals surface area contributed by atoms with Gasteiger partial charge in [0.15, 0.2) is 0 Å². The van der Waals surface area contributed by atoms with Crippen LogP contribution in [0.4, 0.5) is 0 Å². The molecule has 3 nitrogen and oxygen atoms in total. The Morgan fingerprint density at radius 2 is 1.77 bits per heavy atom. The second kappa shape index (κ2) is 12.8. The van der Waals surface area contributed by atoms with E-state index in [1.165, 1.54) is 0 Å². The average molecular weight is 302 g/mol. The van der Waals surface area contributed by atoms with Crippen molar-refractivity contribution in [1.82, 2.24) is 9.80 Å². The van der Waals surface area contributed by atoms with Crippen LogP contribution < -0.4 is 0 Å². The zero-order chi connectivity index (χ0) is 16.8. The molecule has 0 aromatic carbocycles. The highest BCUT2D eigenvalue weighted by molar-refractivity contribution is 5.88. The van der Waals surface area contributed by atoms with Gasteiger partial charge in [0, 0.05) is 19.6 Å². The highest BCUT2D eigenvalue weighted by atomic mass is 16.2. The Bertz CT molecular complexity index is 410. The van der Waals surface area contributed by atoms with E-state index in [-0.39, 0.29) is 5.91 Å². The number of hydrogen-bond acceptors (Lipinski definition) is 2. The average Bonchev–Trinajstić information content (AvgIpc) is 2.51. The Labute approximate surface area is 136 Å². The molecule has 0 fully saturated rings. The van der Waals surface area contributed by atoms with Gasteiger partial charge in [-0.25, -0.2) is 0 Å². The van der Waals surface area contributed by atoms with Crippen LogP contribution in [-0.4, -0.2) is 41.9 Å². The molecular weight excluding hydrogens is 272 g/mol. The SMILES string of the molecule is C=CCCCN(CCCN(C=C)C(=O)/C=C\C)CC(=C)C=C. The van der Waals surface area contributed by atoms with Gasteiger partial charge in [-0.15, -0.1) is 6.58 Å². The van der Waals surface area contributed by atoms with Crippen LogP contribution in [0.5, 0.6) is 0 Å². The van der Waals surface area contributed by atoms with Crippen LogP contribution in [0.25, 0.3) is 0 Å². The summed E-state index contributed by atoms with van der Waals surface area (Å²) in [5.74, 6) is -0.0220. The molecule has 0 saturated heterocycles. The van der Waals surface area contributed by atoms with E-state index in [0.717, 1.165) is 44.5 Å². The Morgan fingerprint density at radius 3 is 2.32 bits per heavy atom. The third-order valence-corrected chi connectivity index (χ3v) is 3.28. The van der Waals surface area contributed by atoms with Crippen molar-refractivity contribution in [1.29, 1.82) is 0 Å². The highest BCUT2D eigenvalue weighted by Crippen LogP contribution is 2.04. The Balaban J connectivity index is 4.36. The molecule has 1 amide bonds. The van der Waals surface area contributed by atoms with E-state index in [1.807, 2.05) is 13.0 Å². The molecule has 122 valence electrons. The van der Waals surface area contributed by atoms with E-state index in [0.29, 0.717) is 6.54 Å². The first kappa shape index (κ1) is 20.1. The van der Waals surface area contributed by atoms with Crippen molar-refractivity contribution in [2.24, 2.45) is 0 Å². The second-order valence-electron chi connectivity index (χ2n) is 5.14. The summed E-state index contributed by atoms with van der Waals surface area (Å²) in [6.07, 6.45) is 11.6. The molecule has 0 aliphatic rings. The van der Waals surface area contributed by atoms with Crippen molar-refractivity contribution in [3.63, 3.8) is 0 Å². The van der Waals surface area contributed by atoms with Crippen LogP contribution in [0.1, 0.15) is 26.2 Å². The zero-order valence-corrected chi connectivity index (χ0v) is 14.0. The second-order valence-corrected chi connectivity index (χ2v) is 5.14. The number of hydrogen-bond donors (Lipinski definition) is 0. The molecule has 0 bridgehead atoms. The van der Waals surface area contributed by atoms with Crippen LogP contribution >= 0.6 is 0 Å². The van der Waals surface area contributed by atoms with Crippen molar-refractivity contribution in [2.45, 2.75) is 26.2 Å². The predicted octanol–water partition coefficient (Wildman–Crippen LogP) is 3.94. The van der Waals surface area contributed by atoms with Gasteiger partial charge in [-0.3, -0.25) is 9.69 Å². The van der Waals surface area contributed by atoms with E-state index in [9.17, 15) is 4.79 Å². The van der Waals surface area contributed by atoms with E-state index in [4.69, 9.17) is 0 Å². The first-order valence-corrected chi connectivity index (χ1v) is 7.78. The van der Waals surface area contributed by atoms with Gasteiger partial charge in [-0.2, -0.15) is 0 Å². The van der Waals surface area contributed by atoms with Crippen molar-refractivity contribution in [3.8, 4) is 0 Å². The lowest BCUT2D eigenvalue weighted by Gasteiger charge is -2.24. The minimum atomic E-state index is -0.0220. The lowest BCUT2D eigenvalue weighted by Crippen LogP contribution is -2.31. The van der Waals surface area contributed by atoms with E-state index in [2.05, 4.69) is 31.2 Å². The predicted molar refractivity (Wildman–Crippen MR) is 96.5 cm³/mol. The summed E-state index contributed by atoms with van der Waals surface area (Å²) < 4.78 is 0. The van der Waals surface area contributed by atoms with Gasteiger partial charge in [0.05, 0.1) is 0 Å². The molecule has 22 heavy (non-hydrogen) atoms. The third-order valence-electron chi connectivity index (χ3n) is 3.28. The molecule has 0 heterocycles. The summed E-state index contributed by atoms with van der Waals surface area (Å²) in [5.41, 5.74) is 1.02. The summed E-state index contributed by atoms with van der Waals surface area (Å²) in [6.45, 7) is 20.4. The minimum Gasteiger partial charge on any atom is -0.316 e. The van der Waals surface area contributed by atoms with Crippen LogP contribution in [0.2, 0.25) is 0 Å². The van der Waals surface area contributed by atoms with Gasteiger partial charge in [0.2, 0.25) is 5.91 Å². The Kier molecular flexibility index (Phi) is 11.7. The van der Waals surface area contributed by atoms with E-state index in [1.54, 1.807) is 29.3 Å². The third kappa shape index (κ3) is 9.14. The van der Waals surface area contributed by atoms with Gasteiger partial charge < -0.3 is 4.90 Å². The van der Waals surface area contributed by atoms with Crippen molar-refractivity contribution >= 4 is 5.91 Å². The molecule has 0 rings (SSSR count). The number of rotatable bonds is 13. The fourth-order valence-electron chi connectivity index (χ4n) is 2.08. The highest BCUT2D eigenvalue weighted by Gasteiger charge is 2.09. The molecule has 3 heteroatoms. The fraction of sp³-hybridized carbons (Fsp3) is 0.421. The quantitative estimate of drug-likeness (QED) is 0.223. The molecule has 0 aromatic rings. The topological polar surface area (TPSA) is 23.6 Å². The molecule has 0 N–H and O–H groups in total.